The third-order valence-electron chi connectivity index (χ3n) is 4.14. The summed E-state index contributed by atoms with van der Waals surface area (Å²) in [6.45, 7) is 9.93. The number of rotatable bonds is 6. The highest BCUT2D eigenvalue weighted by molar-refractivity contribution is 5.48. The van der Waals surface area contributed by atoms with Crippen LogP contribution in [0.4, 0.5) is 5.82 Å². The molecule has 1 atom stereocenters. The Labute approximate surface area is 122 Å². The van der Waals surface area contributed by atoms with Crippen LogP contribution in [0.15, 0.2) is 0 Å². The monoisotopic (exact) mass is 277 g/mol. The smallest absolute Gasteiger partial charge is 0.162 e. The topological polar surface area (TPSA) is 47.0 Å². The van der Waals surface area contributed by atoms with Gasteiger partial charge in [-0.1, -0.05) is 6.92 Å². The van der Waals surface area contributed by atoms with Gasteiger partial charge in [-0.2, -0.15) is 0 Å². The fourth-order valence-electron chi connectivity index (χ4n) is 2.79. The number of ether oxygens (including phenoxy) is 1. The summed E-state index contributed by atoms with van der Waals surface area (Å²) in [7, 11) is 0. The maximum absolute atomic E-state index is 5.94. The van der Waals surface area contributed by atoms with Crippen LogP contribution in [0.25, 0.3) is 0 Å². The second-order valence-electron chi connectivity index (χ2n) is 5.58. The molecule has 1 N–H and O–H groups in total. The Morgan fingerprint density at radius 3 is 2.55 bits per heavy atom. The predicted molar refractivity (Wildman–Crippen MR) is 82.1 cm³/mol. The van der Waals surface area contributed by atoms with Crippen LogP contribution in [0.2, 0.25) is 0 Å². The van der Waals surface area contributed by atoms with Crippen LogP contribution >= 0.6 is 0 Å². The summed E-state index contributed by atoms with van der Waals surface area (Å²) in [6.07, 6.45) is 5.51. The lowest BCUT2D eigenvalue weighted by atomic mass is 9.94. The molecule has 0 bridgehead atoms. The van der Waals surface area contributed by atoms with Gasteiger partial charge in [0.25, 0.3) is 0 Å². The van der Waals surface area contributed by atoms with Crippen LogP contribution in [0.5, 0.6) is 0 Å². The number of aromatic nitrogens is 2. The largest absolute Gasteiger partial charge is 0.370 e. The molecule has 0 saturated carbocycles. The zero-order chi connectivity index (χ0) is 14.6. The van der Waals surface area contributed by atoms with Gasteiger partial charge in [0.2, 0.25) is 0 Å². The minimum atomic E-state index is -0.384. The first-order valence-corrected chi connectivity index (χ1v) is 7.92. The summed E-state index contributed by atoms with van der Waals surface area (Å²) in [6, 6.07) is 0. The summed E-state index contributed by atoms with van der Waals surface area (Å²) >= 11 is 0. The standard InChI is InChI=1S/C16H27N3O/c1-5-16(4,20-7-3)15-18-13-11-9-8-10-12(13)14(19-15)17-6-2/h5-11H2,1-4H3,(H,17,18,19). The molecule has 1 aromatic heterocycles. The first kappa shape index (κ1) is 15.2. The van der Waals surface area contributed by atoms with Crippen molar-refractivity contribution in [1.29, 1.82) is 0 Å². The summed E-state index contributed by atoms with van der Waals surface area (Å²) in [5.41, 5.74) is 2.15. The van der Waals surface area contributed by atoms with E-state index in [0.29, 0.717) is 6.61 Å². The number of aryl methyl sites for hydroxylation is 1. The summed E-state index contributed by atoms with van der Waals surface area (Å²) < 4.78 is 5.94. The SMILES string of the molecule is CCNc1nc(C(C)(CC)OCC)nc2c1CCCC2. The number of hydrogen-bond acceptors (Lipinski definition) is 4. The van der Waals surface area contributed by atoms with Crippen LogP contribution in [-0.4, -0.2) is 23.1 Å². The molecule has 20 heavy (non-hydrogen) atoms. The number of anilines is 1. The Bertz CT molecular complexity index is 461. The van der Waals surface area contributed by atoms with Crippen molar-refractivity contribution in [2.24, 2.45) is 0 Å². The number of fused-ring (bicyclic) bond motifs is 1. The van der Waals surface area contributed by atoms with Crippen LogP contribution in [-0.2, 0) is 23.2 Å². The van der Waals surface area contributed by atoms with E-state index >= 15 is 0 Å². The average molecular weight is 277 g/mol. The van der Waals surface area contributed by atoms with Gasteiger partial charge in [-0.3, -0.25) is 0 Å². The van der Waals surface area contributed by atoms with E-state index in [1.54, 1.807) is 0 Å². The minimum Gasteiger partial charge on any atom is -0.370 e. The zero-order valence-electron chi connectivity index (χ0n) is 13.3. The molecule has 1 heterocycles. The van der Waals surface area contributed by atoms with Crippen molar-refractivity contribution in [2.45, 2.75) is 65.4 Å². The second kappa shape index (κ2) is 6.53. The maximum Gasteiger partial charge on any atom is 0.162 e. The van der Waals surface area contributed by atoms with Crippen molar-refractivity contribution in [3.05, 3.63) is 17.1 Å². The van der Waals surface area contributed by atoms with E-state index in [1.807, 2.05) is 6.92 Å². The molecule has 0 radical (unpaired) electrons. The van der Waals surface area contributed by atoms with Crippen LogP contribution < -0.4 is 5.32 Å². The third-order valence-corrected chi connectivity index (χ3v) is 4.14. The molecule has 0 saturated heterocycles. The van der Waals surface area contributed by atoms with Crippen molar-refractivity contribution in [3.8, 4) is 0 Å². The van der Waals surface area contributed by atoms with Gasteiger partial charge in [0.05, 0.1) is 0 Å². The van der Waals surface area contributed by atoms with Crippen molar-refractivity contribution < 1.29 is 4.74 Å². The Kier molecular flexibility index (Phi) is 4.97. The van der Waals surface area contributed by atoms with Crippen molar-refractivity contribution in [2.75, 3.05) is 18.5 Å². The molecule has 1 aromatic rings. The average Bonchev–Trinajstić information content (AvgIpc) is 2.47. The third kappa shape index (κ3) is 2.95. The Morgan fingerprint density at radius 1 is 1.15 bits per heavy atom. The lowest BCUT2D eigenvalue weighted by Crippen LogP contribution is -2.30. The number of nitrogens with one attached hydrogen (secondary N) is 1. The summed E-state index contributed by atoms with van der Waals surface area (Å²) in [4.78, 5) is 9.63. The van der Waals surface area contributed by atoms with E-state index in [4.69, 9.17) is 14.7 Å². The molecule has 112 valence electrons. The number of hydrogen-bond donors (Lipinski definition) is 1. The van der Waals surface area contributed by atoms with E-state index in [0.717, 1.165) is 37.4 Å². The Hall–Kier alpha value is -1.16. The van der Waals surface area contributed by atoms with Crippen LogP contribution in [0, 0.1) is 0 Å². The van der Waals surface area contributed by atoms with Gasteiger partial charge in [0.15, 0.2) is 5.82 Å². The molecule has 0 fully saturated rings. The molecule has 4 heteroatoms. The zero-order valence-corrected chi connectivity index (χ0v) is 13.3. The van der Waals surface area contributed by atoms with Gasteiger partial charge in [-0.05, 0) is 52.9 Å². The van der Waals surface area contributed by atoms with Gasteiger partial charge in [-0.15, -0.1) is 0 Å². The highest BCUT2D eigenvalue weighted by Gasteiger charge is 2.30. The molecule has 1 aliphatic rings. The van der Waals surface area contributed by atoms with Gasteiger partial charge in [0.1, 0.15) is 11.4 Å². The molecule has 1 unspecified atom stereocenters. The van der Waals surface area contributed by atoms with E-state index in [2.05, 4.69) is 26.1 Å². The van der Waals surface area contributed by atoms with Crippen LogP contribution in [0.1, 0.15) is 64.0 Å². The first-order chi connectivity index (χ1) is 9.64. The van der Waals surface area contributed by atoms with Gasteiger partial charge < -0.3 is 10.1 Å². The highest BCUT2D eigenvalue weighted by Crippen LogP contribution is 2.31. The lowest BCUT2D eigenvalue weighted by molar-refractivity contribution is -0.0391. The van der Waals surface area contributed by atoms with Crippen LogP contribution in [0.3, 0.4) is 0 Å². The molecule has 0 spiro atoms. The summed E-state index contributed by atoms with van der Waals surface area (Å²) in [5, 5.41) is 3.41. The lowest BCUT2D eigenvalue weighted by Gasteiger charge is -2.29. The predicted octanol–water partition coefficient (Wildman–Crippen LogP) is 3.45. The van der Waals surface area contributed by atoms with E-state index in [-0.39, 0.29) is 5.60 Å². The second-order valence-corrected chi connectivity index (χ2v) is 5.58. The molecule has 4 nitrogen and oxygen atoms in total. The minimum absolute atomic E-state index is 0.384. The maximum atomic E-state index is 5.94. The van der Waals surface area contributed by atoms with E-state index in [9.17, 15) is 0 Å². The van der Waals surface area contributed by atoms with E-state index in [1.165, 1.54) is 24.1 Å². The molecule has 0 aliphatic heterocycles. The molecule has 1 aliphatic carbocycles. The van der Waals surface area contributed by atoms with Gasteiger partial charge in [0, 0.05) is 24.4 Å². The Morgan fingerprint density at radius 2 is 1.90 bits per heavy atom. The number of nitrogens with zero attached hydrogens (tertiary/aromatic N) is 2. The van der Waals surface area contributed by atoms with Crippen molar-refractivity contribution in [3.63, 3.8) is 0 Å². The fraction of sp³-hybridized carbons (Fsp3) is 0.750. The molecule has 0 aromatic carbocycles. The Balaban J connectivity index is 2.46. The van der Waals surface area contributed by atoms with Crippen molar-refractivity contribution >= 4 is 5.82 Å². The summed E-state index contributed by atoms with van der Waals surface area (Å²) in [5.74, 6) is 1.85. The van der Waals surface area contributed by atoms with Gasteiger partial charge in [-0.25, -0.2) is 9.97 Å². The molecular weight excluding hydrogens is 250 g/mol. The van der Waals surface area contributed by atoms with Gasteiger partial charge >= 0.3 is 0 Å². The molecule has 0 amide bonds. The quantitative estimate of drug-likeness (QED) is 0.865. The molecule has 2 rings (SSSR count). The first-order valence-electron chi connectivity index (χ1n) is 7.92. The van der Waals surface area contributed by atoms with Crippen molar-refractivity contribution in [1.82, 2.24) is 9.97 Å². The highest BCUT2D eigenvalue weighted by atomic mass is 16.5. The normalized spacial score (nSPS) is 17.4. The van der Waals surface area contributed by atoms with E-state index < -0.39 is 0 Å². The molecular formula is C16H27N3O. The fourth-order valence-corrected chi connectivity index (χ4v) is 2.79.